The molecule has 1 fully saturated rings. The van der Waals surface area contributed by atoms with E-state index in [0.29, 0.717) is 12.1 Å². The van der Waals surface area contributed by atoms with E-state index in [1.165, 1.54) is 18.4 Å². The van der Waals surface area contributed by atoms with Gasteiger partial charge in [0.05, 0.1) is 6.10 Å². The van der Waals surface area contributed by atoms with Crippen molar-refractivity contribution in [3.8, 4) is 5.75 Å². The lowest BCUT2D eigenvalue weighted by Gasteiger charge is -2.22. The molecule has 3 atom stereocenters. The molecule has 3 nitrogen and oxygen atoms in total. The zero-order valence-electron chi connectivity index (χ0n) is 10.9. The van der Waals surface area contributed by atoms with Crippen molar-refractivity contribution < 1.29 is 9.47 Å². The van der Waals surface area contributed by atoms with E-state index >= 15 is 0 Å². The van der Waals surface area contributed by atoms with Gasteiger partial charge >= 0.3 is 0 Å². The first-order valence-corrected chi connectivity index (χ1v) is 6.92. The third kappa shape index (κ3) is 2.52. The van der Waals surface area contributed by atoms with Gasteiger partial charge in [-0.1, -0.05) is 18.2 Å². The fourth-order valence-electron chi connectivity index (χ4n) is 2.81. The standard InChI is InChI=1S/C15H21NO2/c1-11(14-7-4-8-17-14)16-10-13-9-12-5-2-3-6-15(12)18-13/h2-3,5-6,11,13-14,16H,4,7-10H2,1H3. The Morgan fingerprint density at radius 2 is 2.28 bits per heavy atom. The Labute approximate surface area is 108 Å². The normalized spacial score (nSPS) is 27.8. The SMILES string of the molecule is CC(NCC1Cc2ccccc2O1)C1CCCO1. The van der Waals surface area contributed by atoms with Crippen LogP contribution >= 0.6 is 0 Å². The maximum Gasteiger partial charge on any atom is 0.123 e. The van der Waals surface area contributed by atoms with Gasteiger partial charge in [0.25, 0.3) is 0 Å². The number of rotatable bonds is 4. The highest BCUT2D eigenvalue weighted by Gasteiger charge is 2.25. The average molecular weight is 247 g/mol. The van der Waals surface area contributed by atoms with Gasteiger partial charge < -0.3 is 14.8 Å². The molecule has 2 heterocycles. The van der Waals surface area contributed by atoms with Crippen LogP contribution in [0.15, 0.2) is 24.3 Å². The van der Waals surface area contributed by atoms with E-state index in [1.54, 1.807) is 0 Å². The summed E-state index contributed by atoms with van der Waals surface area (Å²) in [5.74, 6) is 1.05. The van der Waals surface area contributed by atoms with Crippen LogP contribution in [0.5, 0.6) is 5.75 Å². The molecule has 0 amide bonds. The molecule has 0 aromatic heterocycles. The second-order valence-corrected chi connectivity index (χ2v) is 5.30. The molecule has 2 aliphatic heterocycles. The molecule has 1 aromatic rings. The molecule has 98 valence electrons. The molecule has 1 saturated heterocycles. The maximum absolute atomic E-state index is 5.92. The van der Waals surface area contributed by atoms with Crippen molar-refractivity contribution in [1.29, 1.82) is 0 Å². The minimum atomic E-state index is 0.270. The number of hydrogen-bond donors (Lipinski definition) is 1. The van der Waals surface area contributed by atoms with Crippen molar-refractivity contribution >= 4 is 0 Å². The van der Waals surface area contributed by atoms with E-state index in [2.05, 4.69) is 30.4 Å². The van der Waals surface area contributed by atoms with Crippen LogP contribution in [-0.4, -0.2) is 31.4 Å². The van der Waals surface area contributed by atoms with E-state index in [-0.39, 0.29) is 6.10 Å². The molecule has 0 saturated carbocycles. The van der Waals surface area contributed by atoms with Crippen LogP contribution in [0.3, 0.4) is 0 Å². The molecule has 18 heavy (non-hydrogen) atoms. The lowest BCUT2D eigenvalue weighted by atomic mass is 10.1. The van der Waals surface area contributed by atoms with Gasteiger partial charge in [-0.3, -0.25) is 0 Å². The second-order valence-electron chi connectivity index (χ2n) is 5.30. The van der Waals surface area contributed by atoms with E-state index in [0.717, 1.165) is 25.3 Å². The van der Waals surface area contributed by atoms with Crippen LogP contribution < -0.4 is 10.1 Å². The van der Waals surface area contributed by atoms with Gasteiger partial charge in [0, 0.05) is 25.6 Å². The molecule has 1 N–H and O–H groups in total. The van der Waals surface area contributed by atoms with Crippen LogP contribution in [0.25, 0.3) is 0 Å². The van der Waals surface area contributed by atoms with Crippen molar-refractivity contribution in [3.05, 3.63) is 29.8 Å². The Bertz CT molecular complexity index is 376. The summed E-state index contributed by atoms with van der Waals surface area (Å²) in [6.45, 7) is 4.02. The molecular weight excluding hydrogens is 226 g/mol. The second kappa shape index (κ2) is 5.29. The highest BCUT2D eigenvalue weighted by Crippen LogP contribution is 2.27. The smallest absolute Gasteiger partial charge is 0.123 e. The molecular formula is C15H21NO2. The van der Waals surface area contributed by atoms with Crippen molar-refractivity contribution in [2.75, 3.05) is 13.2 Å². The van der Waals surface area contributed by atoms with Crippen LogP contribution in [-0.2, 0) is 11.2 Å². The predicted octanol–water partition coefficient (Wildman–Crippen LogP) is 2.15. The van der Waals surface area contributed by atoms with Gasteiger partial charge in [0.2, 0.25) is 0 Å². The topological polar surface area (TPSA) is 30.5 Å². The average Bonchev–Trinajstić information content (AvgIpc) is 3.04. The first-order valence-electron chi connectivity index (χ1n) is 6.92. The van der Waals surface area contributed by atoms with E-state index in [1.807, 2.05) is 6.07 Å². The Morgan fingerprint density at radius 3 is 3.06 bits per heavy atom. The summed E-state index contributed by atoms with van der Waals surface area (Å²) in [4.78, 5) is 0. The van der Waals surface area contributed by atoms with Gasteiger partial charge in [-0.2, -0.15) is 0 Å². The number of hydrogen-bond acceptors (Lipinski definition) is 3. The highest BCUT2D eigenvalue weighted by atomic mass is 16.5. The Kier molecular flexibility index (Phi) is 3.52. The largest absolute Gasteiger partial charge is 0.488 e. The maximum atomic E-state index is 5.92. The summed E-state index contributed by atoms with van der Waals surface area (Å²) < 4.78 is 11.6. The van der Waals surface area contributed by atoms with E-state index in [9.17, 15) is 0 Å². The molecule has 0 aliphatic carbocycles. The lowest BCUT2D eigenvalue weighted by Crippen LogP contribution is -2.42. The number of benzene rings is 1. The number of ether oxygens (including phenoxy) is 2. The van der Waals surface area contributed by atoms with Gasteiger partial charge in [0.15, 0.2) is 0 Å². The van der Waals surface area contributed by atoms with Gasteiger partial charge in [0.1, 0.15) is 11.9 Å². The molecule has 0 radical (unpaired) electrons. The van der Waals surface area contributed by atoms with Crippen molar-refractivity contribution in [2.24, 2.45) is 0 Å². The summed E-state index contributed by atoms with van der Waals surface area (Å²) in [5.41, 5.74) is 1.33. The highest BCUT2D eigenvalue weighted by molar-refractivity contribution is 5.37. The van der Waals surface area contributed by atoms with Crippen molar-refractivity contribution in [3.63, 3.8) is 0 Å². The van der Waals surface area contributed by atoms with Gasteiger partial charge in [-0.05, 0) is 31.4 Å². The van der Waals surface area contributed by atoms with E-state index < -0.39 is 0 Å². The number of fused-ring (bicyclic) bond motifs is 1. The Hall–Kier alpha value is -1.06. The van der Waals surface area contributed by atoms with Crippen molar-refractivity contribution in [2.45, 2.75) is 44.4 Å². The Morgan fingerprint density at radius 1 is 1.39 bits per heavy atom. The van der Waals surface area contributed by atoms with Gasteiger partial charge in [-0.15, -0.1) is 0 Å². The zero-order chi connectivity index (χ0) is 12.4. The van der Waals surface area contributed by atoms with Crippen LogP contribution in [0.2, 0.25) is 0 Å². The quantitative estimate of drug-likeness (QED) is 0.884. The fourth-order valence-corrected chi connectivity index (χ4v) is 2.81. The Balaban J connectivity index is 1.48. The monoisotopic (exact) mass is 247 g/mol. The van der Waals surface area contributed by atoms with E-state index in [4.69, 9.17) is 9.47 Å². The van der Waals surface area contributed by atoms with Crippen LogP contribution in [0, 0.1) is 0 Å². The third-order valence-electron chi connectivity index (χ3n) is 3.90. The summed E-state index contributed by atoms with van der Waals surface area (Å²) in [6, 6.07) is 8.73. The first kappa shape index (κ1) is 12.0. The zero-order valence-corrected chi connectivity index (χ0v) is 10.9. The molecule has 0 bridgehead atoms. The van der Waals surface area contributed by atoms with Crippen molar-refractivity contribution in [1.82, 2.24) is 5.32 Å². The third-order valence-corrected chi connectivity index (χ3v) is 3.90. The summed E-state index contributed by atoms with van der Waals surface area (Å²) in [7, 11) is 0. The summed E-state index contributed by atoms with van der Waals surface area (Å²) in [5, 5.41) is 3.55. The van der Waals surface area contributed by atoms with Gasteiger partial charge in [-0.25, -0.2) is 0 Å². The van der Waals surface area contributed by atoms with Crippen LogP contribution in [0.4, 0.5) is 0 Å². The number of para-hydroxylation sites is 1. The van der Waals surface area contributed by atoms with Crippen LogP contribution in [0.1, 0.15) is 25.3 Å². The molecule has 2 aliphatic rings. The minimum absolute atomic E-state index is 0.270. The first-order chi connectivity index (χ1) is 8.83. The molecule has 1 aromatic carbocycles. The number of nitrogens with one attached hydrogen (secondary N) is 1. The fraction of sp³-hybridized carbons (Fsp3) is 0.600. The molecule has 0 spiro atoms. The summed E-state index contributed by atoms with van der Waals surface area (Å²) >= 11 is 0. The predicted molar refractivity (Wildman–Crippen MR) is 71.0 cm³/mol. The summed E-state index contributed by atoms with van der Waals surface area (Å²) in [6.07, 6.45) is 4.05. The minimum Gasteiger partial charge on any atom is -0.488 e. The lowest BCUT2D eigenvalue weighted by molar-refractivity contribution is 0.0796. The molecule has 3 heteroatoms. The molecule has 3 rings (SSSR count). The molecule has 3 unspecified atom stereocenters.